The minimum absolute atomic E-state index is 0.370. The molecule has 2 heterocycles. The van der Waals surface area contributed by atoms with Gasteiger partial charge in [-0.25, -0.2) is 4.98 Å². The van der Waals surface area contributed by atoms with E-state index in [0.717, 1.165) is 28.1 Å². The van der Waals surface area contributed by atoms with Crippen LogP contribution in [-0.4, -0.2) is 22.6 Å². The van der Waals surface area contributed by atoms with Gasteiger partial charge in [0.15, 0.2) is 0 Å². The fourth-order valence-corrected chi connectivity index (χ4v) is 2.72. The van der Waals surface area contributed by atoms with Crippen molar-refractivity contribution < 1.29 is 9.90 Å². The van der Waals surface area contributed by atoms with Crippen LogP contribution in [-0.2, 0) is 4.79 Å². The molecular weight excluding hydrogens is 338 g/mol. The number of nitrogens with zero attached hydrogens (tertiary/aromatic N) is 1. The summed E-state index contributed by atoms with van der Waals surface area (Å²) in [6.07, 6.45) is 5.45. The summed E-state index contributed by atoms with van der Waals surface area (Å²) >= 11 is 6.29. The van der Waals surface area contributed by atoms with E-state index in [1.165, 1.54) is 0 Å². The smallest absolute Gasteiger partial charge is 0.251 e. The van der Waals surface area contributed by atoms with Gasteiger partial charge in [0.25, 0.3) is 5.91 Å². The van der Waals surface area contributed by atoms with Crippen LogP contribution in [0, 0.1) is 0 Å². The van der Waals surface area contributed by atoms with Gasteiger partial charge in [-0.05, 0) is 41.5 Å². The number of aliphatic hydroxyl groups excluding tert-OH is 1. The monoisotopic (exact) mass is 353 g/mol. The average Bonchev–Trinajstić information content (AvgIpc) is 2.61. The van der Waals surface area contributed by atoms with Crippen molar-refractivity contribution in [3.63, 3.8) is 0 Å². The summed E-state index contributed by atoms with van der Waals surface area (Å²) in [5.41, 5.74) is 4.20. The highest BCUT2D eigenvalue weighted by Crippen LogP contribution is 2.30. The maximum Gasteiger partial charge on any atom is 0.251 e. The summed E-state index contributed by atoms with van der Waals surface area (Å²) in [7, 11) is 0. The van der Waals surface area contributed by atoms with E-state index in [2.05, 4.69) is 22.2 Å². The molecule has 1 aliphatic rings. The third-order valence-corrected chi connectivity index (χ3v) is 3.92. The minimum atomic E-state index is -0.591. The van der Waals surface area contributed by atoms with Crippen LogP contribution in [0.3, 0.4) is 0 Å². The molecule has 25 heavy (non-hydrogen) atoms. The van der Waals surface area contributed by atoms with Gasteiger partial charge < -0.3 is 15.7 Å². The zero-order valence-corrected chi connectivity index (χ0v) is 14.0. The lowest BCUT2D eigenvalue weighted by atomic mass is 9.99. The number of carbonyl (C=O) groups excluding carboxylic acids is 1. The standard InChI is InChI=1S/C19H16ClN3O2/c1-12-8-14(9-17(22-12)15-4-2-3-5-16(15)20)13-6-7-21-18(10-13)23-19(25)11-24/h2-10,22,24H,1,11H2,(H,21,23,25). The van der Waals surface area contributed by atoms with E-state index in [1.807, 2.05) is 42.5 Å². The van der Waals surface area contributed by atoms with Crippen molar-refractivity contribution in [3.05, 3.63) is 83.2 Å². The molecule has 1 aromatic heterocycles. The van der Waals surface area contributed by atoms with Gasteiger partial charge in [0.2, 0.25) is 0 Å². The molecule has 0 atom stereocenters. The molecule has 0 unspecified atom stereocenters. The number of benzene rings is 1. The van der Waals surface area contributed by atoms with Gasteiger partial charge in [0, 0.05) is 28.2 Å². The van der Waals surface area contributed by atoms with Crippen molar-refractivity contribution >= 4 is 34.6 Å². The molecule has 3 rings (SSSR count). The highest BCUT2D eigenvalue weighted by molar-refractivity contribution is 6.32. The molecule has 1 aliphatic heterocycles. The summed E-state index contributed by atoms with van der Waals surface area (Å²) in [6.45, 7) is 3.40. The van der Waals surface area contributed by atoms with Crippen LogP contribution < -0.4 is 10.6 Å². The van der Waals surface area contributed by atoms with E-state index in [-0.39, 0.29) is 0 Å². The predicted octanol–water partition coefficient (Wildman–Crippen LogP) is 3.21. The third kappa shape index (κ3) is 3.96. The van der Waals surface area contributed by atoms with Crippen molar-refractivity contribution in [2.45, 2.75) is 0 Å². The number of allylic oxidation sites excluding steroid dienone is 3. The van der Waals surface area contributed by atoms with Crippen molar-refractivity contribution in [1.29, 1.82) is 0 Å². The molecule has 0 saturated carbocycles. The molecule has 0 bridgehead atoms. The van der Waals surface area contributed by atoms with Crippen LogP contribution in [0.4, 0.5) is 5.82 Å². The second-order valence-electron chi connectivity index (χ2n) is 5.42. The van der Waals surface area contributed by atoms with Gasteiger partial charge >= 0.3 is 0 Å². The molecule has 2 aromatic rings. The van der Waals surface area contributed by atoms with Gasteiger partial charge in [-0.15, -0.1) is 0 Å². The number of halogens is 1. The number of rotatable bonds is 4. The second-order valence-corrected chi connectivity index (χ2v) is 5.83. The normalized spacial score (nSPS) is 13.6. The second kappa shape index (κ2) is 7.34. The van der Waals surface area contributed by atoms with Crippen LogP contribution in [0.2, 0.25) is 5.02 Å². The zero-order valence-electron chi connectivity index (χ0n) is 13.3. The average molecular weight is 354 g/mol. The predicted molar refractivity (Wildman–Crippen MR) is 99.6 cm³/mol. The number of dihydropyridines is 1. The first-order chi connectivity index (χ1) is 12.1. The van der Waals surface area contributed by atoms with E-state index in [9.17, 15) is 4.79 Å². The number of hydrogen-bond acceptors (Lipinski definition) is 4. The van der Waals surface area contributed by atoms with Gasteiger partial charge in [-0.3, -0.25) is 4.79 Å². The van der Waals surface area contributed by atoms with Crippen LogP contribution >= 0.6 is 11.6 Å². The quantitative estimate of drug-likeness (QED) is 0.789. The first kappa shape index (κ1) is 17.0. The highest BCUT2D eigenvalue weighted by Gasteiger charge is 2.14. The van der Waals surface area contributed by atoms with E-state index in [0.29, 0.717) is 10.8 Å². The summed E-state index contributed by atoms with van der Waals surface area (Å²) in [5, 5.41) is 15.2. The summed E-state index contributed by atoms with van der Waals surface area (Å²) in [4.78, 5) is 15.4. The highest BCUT2D eigenvalue weighted by atomic mass is 35.5. The molecule has 1 aromatic carbocycles. The fraction of sp³-hybridized carbons (Fsp3) is 0.0526. The summed E-state index contributed by atoms with van der Waals surface area (Å²) in [6, 6.07) is 11.1. The van der Waals surface area contributed by atoms with Crippen LogP contribution in [0.25, 0.3) is 11.3 Å². The Morgan fingerprint density at radius 3 is 2.84 bits per heavy atom. The topological polar surface area (TPSA) is 74.2 Å². The van der Waals surface area contributed by atoms with E-state index in [4.69, 9.17) is 16.7 Å². The fourth-order valence-electron chi connectivity index (χ4n) is 2.48. The number of hydrogen-bond donors (Lipinski definition) is 3. The number of carbonyl (C=O) groups is 1. The van der Waals surface area contributed by atoms with E-state index >= 15 is 0 Å². The van der Waals surface area contributed by atoms with Crippen LogP contribution in [0.1, 0.15) is 11.1 Å². The summed E-state index contributed by atoms with van der Waals surface area (Å²) in [5.74, 6) is -0.144. The van der Waals surface area contributed by atoms with Crippen molar-refractivity contribution in [1.82, 2.24) is 10.3 Å². The maximum atomic E-state index is 11.3. The van der Waals surface area contributed by atoms with Gasteiger partial charge in [-0.2, -0.15) is 0 Å². The number of aromatic nitrogens is 1. The molecule has 6 heteroatoms. The molecule has 0 aliphatic carbocycles. The molecule has 0 fully saturated rings. The maximum absolute atomic E-state index is 11.3. The number of aliphatic hydroxyl groups is 1. The van der Waals surface area contributed by atoms with E-state index in [1.54, 1.807) is 12.3 Å². The Hall–Kier alpha value is -2.89. The largest absolute Gasteiger partial charge is 0.387 e. The number of amides is 1. The van der Waals surface area contributed by atoms with Gasteiger partial charge in [0.05, 0.1) is 0 Å². The third-order valence-electron chi connectivity index (χ3n) is 3.59. The Morgan fingerprint density at radius 2 is 2.08 bits per heavy atom. The molecule has 0 saturated heterocycles. The summed E-state index contributed by atoms with van der Waals surface area (Å²) < 4.78 is 0. The molecular formula is C19H16ClN3O2. The SMILES string of the molecule is C=C1C=C(c2ccnc(NC(=O)CO)c2)C=C(c2ccccc2Cl)N1. The lowest BCUT2D eigenvalue weighted by Crippen LogP contribution is -2.16. The zero-order chi connectivity index (χ0) is 17.8. The van der Waals surface area contributed by atoms with Gasteiger partial charge in [0.1, 0.15) is 12.4 Å². The Bertz CT molecular complexity index is 903. The Kier molecular flexibility index (Phi) is 4.97. The van der Waals surface area contributed by atoms with Crippen LogP contribution in [0.15, 0.2) is 67.0 Å². The molecule has 3 N–H and O–H groups in total. The minimum Gasteiger partial charge on any atom is -0.387 e. The lowest BCUT2D eigenvalue weighted by molar-refractivity contribution is -0.118. The number of nitrogens with one attached hydrogen (secondary N) is 2. The number of pyridine rings is 1. The van der Waals surface area contributed by atoms with Crippen LogP contribution in [0.5, 0.6) is 0 Å². The molecule has 0 radical (unpaired) electrons. The number of anilines is 1. The Balaban J connectivity index is 1.96. The van der Waals surface area contributed by atoms with Gasteiger partial charge in [-0.1, -0.05) is 36.4 Å². The Morgan fingerprint density at radius 1 is 1.28 bits per heavy atom. The molecule has 5 nitrogen and oxygen atoms in total. The molecule has 0 spiro atoms. The first-order valence-corrected chi connectivity index (χ1v) is 7.96. The van der Waals surface area contributed by atoms with Crippen molar-refractivity contribution in [3.8, 4) is 0 Å². The molecule has 126 valence electrons. The van der Waals surface area contributed by atoms with E-state index < -0.39 is 12.5 Å². The molecule has 1 amide bonds. The first-order valence-electron chi connectivity index (χ1n) is 7.58. The Labute approximate surface area is 150 Å². The lowest BCUT2D eigenvalue weighted by Gasteiger charge is -2.19. The van der Waals surface area contributed by atoms with Crippen molar-refractivity contribution in [2.24, 2.45) is 0 Å². The van der Waals surface area contributed by atoms with Crippen molar-refractivity contribution in [2.75, 3.05) is 11.9 Å².